The van der Waals surface area contributed by atoms with Crippen LogP contribution in [0.15, 0.2) is 96.0 Å². The van der Waals surface area contributed by atoms with E-state index in [1.165, 1.54) is 0 Å². The Morgan fingerprint density at radius 1 is 0.655 bits per heavy atom. The van der Waals surface area contributed by atoms with Gasteiger partial charge in [0.25, 0.3) is 0 Å². The summed E-state index contributed by atoms with van der Waals surface area (Å²) in [6.45, 7) is 0. The Morgan fingerprint density at radius 2 is 1.38 bits per heavy atom. The number of para-hydroxylation sites is 1. The average Bonchev–Trinajstić information content (AvgIpc) is 3.50. The number of hydrogen-bond acceptors (Lipinski definition) is 6. The molecule has 0 unspecified atom stereocenters. The number of benzene rings is 2. The van der Waals surface area contributed by atoms with Crippen LogP contribution in [0.3, 0.4) is 0 Å². The summed E-state index contributed by atoms with van der Waals surface area (Å²) in [5.41, 5.74) is 4.05. The van der Waals surface area contributed by atoms with Crippen LogP contribution in [0.5, 0.6) is 0 Å². The molecule has 5 aromatic rings. The Balaban J connectivity index is 1.64. The van der Waals surface area contributed by atoms with Crippen molar-refractivity contribution in [3.05, 3.63) is 96.0 Å². The van der Waals surface area contributed by atoms with E-state index in [-0.39, 0.29) is 0 Å². The molecule has 5 rings (SSSR count). The number of aromatic nitrogens is 3. The molecule has 0 N–H and O–H groups in total. The molecule has 0 radical (unpaired) electrons. The zero-order valence-electron chi connectivity index (χ0n) is 15.3. The van der Waals surface area contributed by atoms with Gasteiger partial charge in [0.2, 0.25) is 0 Å². The van der Waals surface area contributed by atoms with Gasteiger partial charge in [-0.15, -0.1) is 22.7 Å². The zero-order chi connectivity index (χ0) is 19.5. The van der Waals surface area contributed by atoms with Crippen LogP contribution >= 0.6 is 22.7 Å². The SMILES string of the molecule is c1ccc(N(c2cccc(-c3nccs3)c2)c2cccc(-c3nccs3)n2)cc1. The molecule has 4 nitrogen and oxygen atoms in total. The van der Waals surface area contributed by atoms with Gasteiger partial charge < -0.3 is 0 Å². The summed E-state index contributed by atoms with van der Waals surface area (Å²) in [7, 11) is 0. The van der Waals surface area contributed by atoms with E-state index in [1.54, 1.807) is 28.9 Å². The standard InChI is InChI=1S/C23H16N4S2/c1-2-7-18(8-3-1)27(19-9-4-6-17(16-19)22-24-12-14-28-22)21-11-5-10-20(26-21)23-25-13-15-29-23/h1-16H. The molecule has 0 aliphatic rings. The second kappa shape index (κ2) is 7.95. The summed E-state index contributed by atoms with van der Waals surface area (Å²) in [5, 5.41) is 5.88. The van der Waals surface area contributed by atoms with Crippen LogP contribution in [0.25, 0.3) is 21.3 Å². The average molecular weight is 413 g/mol. The number of thiazole rings is 2. The second-order valence-electron chi connectivity index (χ2n) is 6.28. The molecule has 0 saturated heterocycles. The Bertz CT molecular complexity index is 1130. The number of hydrogen-bond donors (Lipinski definition) is 0. The molecule has 0 aliphatic carbocycles. The normalized spacial score (nSPS) is 10.8. The Labute approximate surface area is 176 Å². The van der Waals surface area contributed by atoms with Gasteiger partial charge in [0.15, 0.2) is 0 Å². The maximum absolute atomic E-state index is 4.92. The van der Waals surface area contributed by atoms with Crippen LogP contribution in [0.2, 0.25) is 0 Å². The third kappa shape index (κ3) is 3.68. The monoisotopic (exact) mass is 412 g/mol. The third-order valence-corrected chi connectivity index (χ3v) is 6.03. The van der Waals surface area contributed by atoms with E-state index in [2.05, 4.69) is 51.3 Å². The van der Waals surface area contributed by atoms with E-state index < -0.39 is 0 Å². The van der Waals surface area contributed by atoms with E-state index in [1.807, 2.05) is 53.4 Å². The zero-order valence-corrected chi connectivity index (χ0v) is 17.0. The Kier molecular flexibility index (Phi) is 4.86. The fourth-order valence-electron chi connectivity index (χ4n) is 3.15. The van der Waals surface area contributed by atoms with Crippen LogP contribution in [0, 0.1) is 0 Å². The van der Waals surface area contributed by atoms with E-state index in [9.17, 15) is 0 Å². The van der Waals surface area contributed by atoms with Crippen LogP contribution in [0.1, 0.15) is 0 Å². The number of anilines is 3. The molecule has 0 aliphatic heterocycles. The molecule has 140 valence electrons. The maximum atomic E-state index is 4.92. The molecule has 0 spiro atoms. The van der Waals surface area contributed by atoms with Gasteiger partial charge in [0.1, 0.15) is 21.5 Å². The fourth-order valence-corrected chi connectivity index (χ4v) is 4.39. The highest BCUT2D eigenvalue weighted by molar-refractivity contribution is 7.13. The number of rotatable bonds is 5. The summed E-state index contributed by atoms with van der Waals surface area (Å²) in [5.74, 6) is 0.847. The smallest absolute Gasteiger partial charge is 0.141 e. The summed E-state index contributed by atoms with van der Waals surface area (Å²) in [4.78, 5) is 16.0. The van der Waals surface area contributed by atoms with E-state index in [0.717, 1.165) is 38.5 Å². The number of pyridine rings is 1. The van der Waals surface area contributed by atoms with Crippen molar-refractivity contribution in [3.8, 4) is 21.3 Å². The minimum atomic E-state index is 0.847. The van der Waals surface area contributed by atoms with E-state index in [0.29, 0.717) is 0 Å². The summed E-state index contributed by atoms with van der Waals surface area (Å²) >= 11 is 3.23. The van der Waals surface area contributed by atoms with Crippen molar-refractivity contribution in [2.45, 2.75) is 0 Å². The molecule has 3 heterocycles. The first-order chi connectivity index (χ1) is 14.4. The molecule has 0 amide bonds. The van der Waals surface area contributed by atoms with Crippen LogP contribution < -0.4 is 4.90 Å². The molecule has 0 atom stereocenters. The Morgan fingerprint density at radius 3 is 2.14 bits per heavy atom. The van der Waals surface area contributed by atoms with E-state index in [4.69, 9.17) is 4.98 Å². The molecule has 6 heteroatoms. The van der Waals surface area contributed by atoms with Gasteiger partial charge in [-0.2, -0.15) is 0 Å². The molecule has 0 saturated carbocycles. The van der Waals surface area contributed by atoms with Gasteiger partial charge in [0.05, 0.1) is 0 Å². The van der Waals surface area contributed by atoms with Gasteiger partial charge >= 0.3 is 0 Å². The molecule has 0 bridgehead atoms. The lowest BCUT2D eigenvalue weighted by molar-refractivity contribution is 1.18. The first kappa shape index (κ1) is 17.7. The lowest BCUT2D eigenvalue weighted by atomic mass is 10.1. The fraction of sp³-hybridized carbons (Fsp3) is 0. The Hall–Kier alpha value is -3.35. The highest BCUT2D eigenvalue weighted by Crippen LogP contribution is 2.36. The lowest BCUT2D eigenvalue weighted by Gasteiger charge is -2.25. The second-order valence-corrected chi connectivity index (χ2v) is 8.07. The topological polar surface area (TPSA) is 41.9 Å². The van der Waals surface area contributed by atoms with Crippen LogP contribution in [-0.4, -0.2) is 15.0 Å². The third-order valence-electron chi connectivity index (χ3n) is 4.41. The van der Waals surface area contributed by atoms with Gasteiger partial charge in [-0.05, 0) is 36.4 Å². The first-order valence-electron chi connectivity index (χ1n) is 9.10. The first-order valence-corrected chi connectivity index (χ1v) is 10.9. The van der Waals surface area contributed by atoms with Crippen LogP contribution in [-0.2, 0) is 0 Å². The van der Waals surface area contributed by atoms with E-state index >= 15 is 0 Å². The molecular formula is C23H16N4S2. The molecule has 2 aromatic carbocycles. The van der Waals surface area contributed by atoms with Gasteiger partial charge in [-0.1, -0.05) is 36.4 Å². The van der Waals surface area contributed by atoms with Crippen molar-refractivity contribution in [3.63, 3.8) is 0 Å². The predicted octanol–water partition coefficient (Wildman–Crippen LogP) is 6.80. The molecule has 0 fully saturated rings. The van der Waals surface area contributed by atoms with Crippen molar-refractivity contribution < 1.29 is 0 Å². The predicted molar refractivity (Wildman–Crippen MR) is 121 cm³/mol. The molecular weight excluding hydrogens is 396 g/mol. The minimum Gasteiger partial charge on any atom is -0.295 e. The van der Waals surface area contributed by atoms with Crippen molar-refractivity contribution >= 4 is 39.9 Å². The summed E-state index contributed by atoms with van der Waals surface area (Å²) in [6.07, 6.45) is 3.64. The molecule has 3 aromatic heterocycles. The van der Waals surface area contributed by atoms with Crippen LogP contribution in [0.4, 0.5) is 17.2 Å². The summed E-state index contributed by atoms with van der Waals surface area (Å²) < 4.78 is 0. The van der Waals surface area contributed by atoms with Crippen molar-refractivity contribution in [1.82, 2.24) is 15.0 Å². The molecule has 29 heavy (non-hydrogen) atoms. The quantitative estimate of drug-likeness (QED) is 0.318. The lowest BCUT2D eigenvalue weighted by Crippen LogP contribution is -2.11. The highest BCUT2D eigenvalue weighted by Gasteiger charge is 2.16. The largest absolute Gasteiger partial charge is 0.295 e. The minimum absolute atomic E-state index is 0.847. The van der Waals surface area contributed by atoms with Crippen molar-refractivity contribution in [2.24, 2.45) is 0 Å². The highest BCUT2D eigenvalue weighted by atomic mass is 32.1. The van der Waals surface area contributed by atoms with Gasteiger partial charge in [-0.25, -0.2) is 15.0 Å². The summed E-state index contributed by atoms with van der Waals surface area (Å²) in [6, 6.07) is 24.7. The van der Waals surface area contributed by atoms with Gasteiger partial charge in [0, 0.05) is 40.1 Å². The van der Waals surface area contributed by atoms with Crippen molar-refractivity contribution in [2.75, 3.05) is 4.90 Å². The van der Waals surface area contributed by atoms with Gasteiger partial charge in [-0.3, -0.25) is 4.90 Å². The van der Waals surface area contributed by atoms with Crippen molar-refractivity contribution in [1.29, 1.82) is 0 Å². The number of nitrogens with zero attached hydrogens (tertiary/aromatic N) is 4. The maximum Gasteiger partial charge on any atom is 0.141 e.